The number of thioether (sulfide) groups is 1. The Morgan fingerprint density at radius 1 is 1.28 bits per heavy atom. The van der Waals surface area contributed by atoms with E-state index in [9.17, 15) is 14.7 Å². The highest BCUT2D eigenvalue weighted by molar-refractivity contribution is 7.99. The molecule has 2 N–H and O–H groups in total. The zero-order chi connectivity index (χ0) is 18.3. The maximum Gasteiger partial charge on any atom is 0.330 e. The lowest BCUT2D eigenvalue weighted by Gasteiger charge is -2.24. The number of carbonyl (C=O) groups is 2. The molecule has 1 aromatic carbocycles. The van der Waals surface area contributed by atoms with Crippen LogP contribution in [-0.4, -0.2) is 47.2 Å². The molecule has 0 aromatic heterocycles. The molecule has 0 spiro atoms. The molecule has 0 bridgehead atoms. The van der Waals surface area contributed by atoms with Crippen LogP contribution >= 0.6 is 11.8 Å². The van der Waals surface area contributed by atoms with Crippen molar-refractivity contribution in [2.45, 2.75) is 38.6 Å². The number of carboxylic acid groups (broad SMARTS) is 1. The first-order chi connectivity index (χ1) is 12.0. The normalized spacial score (nSPS) is 19.4. The smallest absolute Gasteiger partial charge is 0.330 e. The van der Waals surface area contributed by atoms with Gasteiger partial charge in [0.25, 0.3) is 5.91 Å². The lowest BCUT2D eigenvalue weighted by atomic mass is 9.98. The van der Waals surface area contributed by atoms with Crippen LogP contribution in [-0.2, 0) is 4.79 Å². The molecule has 1 aliphatic rings. The van der Waals surface area contributed by atoms with Crippen LogP contribution in [0.5, 0.6) is 11.5 Å². The van der Waals surface area contributed by atoms with E-state index in [2.05, 4.69) is 12.2 Å². The molecule has 2 rings (SSSR count). The number of rotatable bonds is 9. The number of carbonyl (C=O) groups excluding carboxylic acids is 1. The van der Waals surface area contributed by atoms with Crippen molar-refractivity contribution in [3.63, 3.8) is 0 Å². The first kappa shape index (κ1) is 19.4. The van der Waals surface area contributed by atoms with Gasteiger partial charge in [0.15, 0.2) is 11.5 Å². The van der Waals surface area contributed by atoms with Crippen LogP contribution in [0.4, 0.5) is 0 Å². The molecule has 1 heterocycles. The van der Waals surface area contributed by atoms with Gasteiger partial charge in [0, 0.05) is 11.3 Å². The summed E-state index contributed by atoms with van der Waals surface area (Å²) in [6, 6.07) is 4.95. The van der Waals surface area contributed by atoms with Gasteiger partial charge in [0.1, 0.15) is 5.54 Å². The van der Waals surface area contributed by atoms with Gasteiger partial charge >= 0.3 is 5.97 Å². The number of hydrogen-bond acceptors (Lipinski definition) is 5. The molecule has 1 saturated heterocycles. The van der Waals surface area contributed by atoms with E-state index in [1.165, 1.54) is 11.8 Å². The SMILES string of the molecule is CCCCOc1ccc(C(=O)NC2(C(=O)O)CCSC2)cc1OCC. The third-order valence-electron chi connectivity index (χ3n) is 4.05. The van der Waals surface area contributed by atoms with E-state index >= 15 is 0 Å². The minimum atomic E-state index is -1.19. The van der Waals surface area contributed by atoms with Gasteiger partial charge in [-0.2, -0.15) is 11.8 Å². The van der Waals surface area contributed by atoms with Crippen molar-refractivity contribution in [1.29, 1.82) is 0 Å². The number of nitrogens with one attached hydrogen (secondary N) is 1. The molecule has 0 aliphatic carbocycles. The number of benzene rings is 1. The summed E-state index contributed by atoms with van der Waals surface area (Å²) in [5.41, 5.74) is -0.826. The molecule has 1 aliphatic heterocycles. The van der Waals surface area contributed by atoms with Crippen molar-refractivity contribution in [1.82, 2.24) is 5.32 Å². The third kappa shape index (κ3) is 4.81. The van der Waals surface area contributed by atoms with Crippen molar-refractivity contribution < 1.29 is 24.2 Å². The molecule has 6 nitrogen and oxygen atoms in total. The fourth-order valence-corrected chi connectivity index (χ4v) is 3.86. The Bertz CT molecular complexity index is 613. The molecule has 1 fully saturated rings. The maximum atomic E-state index is 12.6. The van der Waals surface area contributed by atoms with E-state index < -0.39 is 17.4 Å². The van der Waals surface area contributed by atoms with Crippen LogP contribution in [0.3, 0.4) is 0 Å². The van der Waals surface area contributed by atoms with Crippen molar-refractivity contribution in [2.24, 2.45) is 0 Å². The van der Waals surface area contributed by atoms with Gasteiger partial charge in [-0.15, -0.1) is 0 Å². The van der Waals surface area contributed by atoms with Crippen LogP contribution in [0.15, 0.2) is 18.2 Å². The topological polar surface area (TPSA) is 84.9 Å². The van der Waals surface area contributed by atoms with Crippen LogP contribution in [0.25, 0.3) is 0 Å². The third-order valence-corrected chi connectivity index (χ3v) is 5.23. The Morgan fingerprint density at radius 2 is 2.08 bits per heavy atom. The average Bonchev–Trinajstić information content (AvgIpc) is 3.06. The lowest BCUT2D eigenvalue weighted by Crippen LogP contribution is -2.54. The maximum absolute atomic E-state index is 12.6. The van der Waals surface area contributed by atoms with E-state index in [1.54, 1.807) is 18.2 Å². The predicted molar refractivity (Wildman–Crippen MR) is 97.8 cm³/mol. The molecule has 1 unspecified atom stereocenters. The van der Waals surface area contributed by atoms with Crippen molar-refractivity contribution in [2.75, 3.05) is 24.7 Å². The Labute approximate surface area is 152 Å². The van der Waals surface area contributed by atoms with E-state index in [0.717, 1.165) is 18.6 Å². The number of hydrogen-bond donors (Lipinski definition) is 2. The van der Waals surface area contributed by atoms with Crippen molar-refractivity contribution >= 4 is 23.6 Å². The summed E-state index contributed by atoms with van der Waals surface area (Å²) in [5.74, 6) is 0.792. The Kier molecular flexibility index (Phi) is 6.99. The van der Waals surface area contributed by atoms with E-state index in [0.29, 0.717) is 42.4 Å². The summed E-state index contributed by atoms with van der Waals surface area (Å²) >= 11 is 1.53. The van der Waals surface area contributed by atoms with Gasteiger partial charge in [0.2, 0.25) is 0 Å². The molecule has 1 aromatic rings. The first-order valence-electron chi connectivity index (χ1n) is 8.55. The molecule has 0 radical (unpaired) electrons. The fraction of sp³-hybridized carbons (Fsp3) is 0.556. The molecule has 7 heteroatoms. The van der Waals surface area contributed by atoms with Gasteiger partial charge in [-0.1, -0.05) is 13.3 Å². The Morgan fingerprint density at radius 3 is 2.68 bits per heavy atom. The van der Waals surface area contributed by atoms with Gasteiger partial charge in [-0.05, 0) is 43.7 Å². The van der Waals surface area contributed by atoms with Crippen molar-refractivity contribution in [3.05, 3.63) is 23.8 Å². The minimum Gasteiger partial charge on any atom is -0.490 e. The van der Waals surface area contributed by atoms with Crippen LogP contribution in [0.2, 0.25) is 0 Å². The number of ether oxygens (including phenoxy) is 2. The monoisotopic (exact) mass is 367 g/mol. The first-order valence-corrected chi connectivity index (χ1v) is 9.71. The van der Waals surface area contributed by atoms with Crippen LogP contribution in [0.1, 0.15) is 43.5 Å². The Balaban J connectivity index is 2.16. The summed E-state index contributed by atoms with van der Waals surface area (Å²) in [7, 11) is 0. The van der Waals surface area contributed by atoms with Gasteiger partial charge in [0.05, 0.1) is 13.2 Å². The van der Waals surface area contributed by atoms with Gasteiger partial charge < -0.3 is 19.9 Å². The highest BCUT2D eigenvalue weighted by Crippen LogP contribution is 2.31. The summed E-state index contributed by atoms with van der Waals surface area (Å²) < 4.78 is 11.3. The molecule has 138 valence electrons. The summed E-state index contributed by atoms with van der Waals surface area (Å²) in [4.78, 5) is 24.1. The number of amides is 1. The molecular weight excluding hydrogens is 342 g/mol. The van der Waals surface area contributed by atoms with Gasteiger partial charge in [-0.25, -0.2) is 4.79 Å². The summed E-state index contributed by atoms with van der Waals surface area (Å²) in [6.45, 7) is 4.98. The van der Waals surface area contributed by atoms with Crippen LogP contribution in [0, 0.1) is 0 Å². The minimum absolute atomic E-state index is 0.365. The van der Waals surface area contributed by atoms with E-state index in [1.807, 2.05) is 6.92 Å². The second kappa shape index (κ2) is 8.99. The molecule has 1 amide bonds. The highest BCUT2D eigenvalue weighted by Gasteiger charge is 2.43. The molecule has 1 atom stereocenters. The largest absolute Gasteiger partial charge is 0.490 e. The lowest BCUT2D eigenvalue weighted by molar-refractivity contribution is -0.143. The summed E-state index contributed by atoms with van der Waals surface area (Å²) in [6.07, 6.45) is 2.39. The Hall–Kier alpha value is -1.89. The zero-order valence-electron chi connectivity index (χ0n) is 14.7. The van der Waals surface area contributed by atoms with E-state index in [4.69, 9.17) is 9.47 Å². The second-order valence-corrected chi connectivity index (χ2v) is 7.05. The van der Waals surface area contributed by atoms with E-state index in [-0.39, 0.29) is 0 Å². The van der Waals surface area contributed by atoms with Crippen LogP contribution < -0.4 is 14.8 Å². The van der Waals surface area contributed by atoms with Gasteiger partial charge in [-0.3, -0.25) is 4.79 Å². The quantitative estimate of drug-likeness (QED) is 0.653. The predicted octanol–water partition coefficient (Wildman–Crippen LogP) is 2.95. The van der Waals surface area contributed by atoms with Crippen molar-refractivity contribution in [3.8, 4) is 11.5 Å². The number of carboxylic acids is 1. The highest BCUT2D eigenvalue weighted by atomic mass is 32.2. The molecular formula is C18H25NO5S. The standard InChI is InChI=1S/C18H25NO5S/c1-3-5-9-24-14-7-6-13(11-15(14)23-4-2)16(20)19-18(17(21)22)8-10-25-12-18/h6-7,11H,3-5,8-10,12H2,1-2H3,(H,19,20)(H,21,22). The summed E-state index contributed by atoms with van der Waals surface area (Å²) in [5, 5.41) is 12.2. The average molecular weight is 367 g/mol. The molecule has 0 saturated carbocycles. The second-order valence-electron chi connectivity index (χ2n) is 5.94. The zero-order valence-corrected chi connectivity index (χ0v) is 15.5. The molecule has 25 heavy (non-hydrogen) atoms. The fourth-order valence-electron chi connectivity index (χ4n) is 2.54. The number of aliphatic carboxylic acids is 1. The number of unbranched alkanes of at least 4 members (excludes halogenated alkanes) is 1.